The van der Waals surface area contributed by atoms with E-state index in [0.29, 0.717) is 19.2 Å². The minimum Gasteiger partial charge on any atom is -0.376 e. The molecule has 26 heavy (non-hydrogen) atoms. The topological polar surface area (TPSA) is 56.2 Å². The van der Waals surface area contributed by atoms with Gasteiger partial charge in [-0.3, -0.25) is 9.48 Å². The minimum absolute atomic E-state index is 0.0856. The van der Waals surface area contributed by atoms with Gasteiger partial charge in [-0.1, -0.05) is 25.0 Å². The van der Waals surface area contributed by atoms with Crippen molar-refractivity contribution in [2.45, 2.75) is 57.7 Å². The molecule has 5 nitrogen and oxygen atoms in total. The fraction of sp³-hybridized carbons (Fsp3) is 0.500. The van der Waals surface area contributed by atoms with Crippen LogP contribution < -0.4 is 5.32 Å². The predicted octanol–water partition coefficient (Wildman–Crippen LogP) is 3.07. The van der Waals surface area contributed by atoms with Gasteiger partial charge in [-0.05, 0) is 30.5 Å². The molecule has 1 N–H and O–H groups in total. The highest BCUT2D eigenvalue weighted by Gasteiger charge is 2.27. The van der Waals surface area contributed by atoms with Gasteiger partial charge < -0.3 is 10.1 Å². The van der Waals surface area contributed by atoms with Gasteiger partial charge in [0.15, 0.2) is 0 Å². The average molecular weight is 357 g/mol. The molecule has 4 rings (SSSR count). The fourth-order valence-corrected chi connectivity index (χ4v) is 3.96. The zero-order valence-electron chi connectivity index (χ0n) is 14.8. The Balaban J connectivity index is 1.44. The third-order valence-electron chi connectivity index (χ3n) is 5.33. The maximum atomic E-state index is 13.0. The fourth-order valence-electron chi connectivity index (χ4n) is 3.96. The summed E-state index contributed by atoms with van der Waals surface area (Å²) in [6.45, 7) is 1.72. The van der Waals surface area contributed by atoms with Crippen LogP contribution in [0.25, 0.3) is 0 Å². The molecular weight excluding hydrogens is 333 g/mol. The number of carbonyl (C=O) groups is 1. The second-order valence-corrected chi connectivity index (χ2v) is 7.14. The summed E-state index contributed by atoms with van der Waals surface area (Å²) in [5, 5.41) is 7.79. The van der Waals surface area contributed by atoms with Crippen LogP contribution in [0.3, 0.4) is 0 Å². The van der Waals surface area contributed by atoms with Crippen LogP contribution in [-0.2, 0) is 35.5 Å². The van der Waals surface area contributed by atoms with E-state index < -0.39 is 0 Å². The van der Waals surface area contributed by atoms with Crippen molar-refractivity contribution >= 4 is 5.91 Å². The molecule has 0 bridgehead atoms. The standard InChI is InChI=1S/C20H24FN3O2/c21-15-7-5-14(6-8-15)11-20(25)22-12-18-17-13-26-10-9-19(17)24(23-18)16-3-1-2-4-16/h5-8,16H,1-4,9-13H2,(H,22,25). The zero-order valence-corrected chi connectivity index (χ0v) is 14.8. The van der Waals surface area contributed by atoms with Crippen molar-refractivity contribution in [2.75, 3.05) is 6.61 Å². The summed E-state index contributed by atoms with van der Waals surface area (Å²) < 4.78 is 20.8. The highest BCUT2D eigenvalue weighted by Crippen LogP contribution is 2.33. The smallest absolute Gasteiger partial charge is 0.224 e. The Morgan fingerprint density at radius 2 is 2.04 bits per heavy atom. The Labute approximate surface area is 152 Å². The molecule has 1 amide bonds. The summed E-state index contributed by atoms with van der Waals surface area (Å²) >= 11 is 0. The van der Waals surface area contributed by atoms with Crippen molar-refractivity contribution in [2.24, 2.45) is 0 Å². The van der Waals surface area contributed by atoms with Gasteiger partial charge in [0.1, 0.15) is 5.82 Å². The molecule has 0 radical (unpaired) electrons. The Bertz CT molecular complexity index is 779. The van der Waals surface area contributed by atoms with Gasteiger partial charge in [0.25, 0.3) is 0 Å². The number of hydrogen-bond donors (Lipinski definition) is 1. The second-order valence-electron chi connectivity index (χ2n) is 7.14. The first kappa shape index (κ1) is 17.2. The maximum Gasteiger partial charge on any atom is 0.224 e. The van der Waals surface area contributed by atoms with Gasteiger partial charge >= 0.3 is 0 Å². The predicted molar refractivity (Wildman–Crippen MR) is 95.0 cm³/mol. The van der Waals surface area contributed by atoms with Crippen LogP contribution in [-0.4, -0.2) is 22.3 Å². The van der Waals surface area contributed by atoms with Gasteiger partial charge in [-0.2, -0.15) is 5.10 Å². The SMILES string of the molecule is O=C(Cc1ccc(F)cc1)NCc1nn(C2CCCC2)c2c1COCC2. The molecule has 0 atom stereocenters. The molecule has 1 aromatic heterocycles. The van der Waals surface area contributed by atoms with Gasteiger partial charge in [-0.25, -0.2) is 4.39 Å². The lowest BCUT2D eigenvalue weighted by molar-refractivity contribution is -0.120. The normalized spacial score (nSPS) is 17.3. The third-order valence-corrected chi connectivity index (χ3v) is 5.33. The number of nitrogens with one attached hydrogen (secondary N) is 1. The van der Waals surface area contributed by atoms with Gasteiger partial charge in [0, 0.05) is 17.7 Å². The van der Waals surface area contributed by atoms with Crippen LogP contribution in [0.4, 0.5) is 4.39 Å². The number of nitrogens with zero attached hydrogens (tertiary/aromatic N) is 2. The van der Waals surface area contributed by atoms with E-state index in [4.69, 9.17) is 9.84 Å². The Hall–Kier alpha value is -2.21. The first-order valence-corrected chi connectivity index (χ1v) is 9.39. The van der Waals surface area contributed by atoms with Crippen LogP contribution in [0.2, 0.25) is 0 Å². The van der Waals surface area contributed by atoms with E-state index in [1.807, 2.05) is 0 Å². The van der Waals surface area contributed by atoms with Crippen LogP contribution in [0.1, 0.15) is 54.2 Å². The number of aromatic nitrogens is 2. The van der Waals surface area contributed by atoms with E-state index in [-0.39, 0.29) is 18.1 Å². The molecule has 1 aliphatic carbocycles. The number of amides is 1. The third kappa shape index (κ3) is 3.65. The quantitative estimate of drug-likeness (QED) is 0.895. The molecule has 1 aliphatic heterocycles. The van der Waals surface area contributed by atoms with Crippen molar-refractivity contribution < 1.29 is 13.9 Å². The van der Waals surface area contributed by atoms with Gasteiger partial charge in [-0.15, -0.1) is 0 Å². The number of halogens is 1. The number of rotatable bonds is 5. The Kier molecular flexibility index (Phi) is 5.02. The first-order chi connectivity index (χ1) is 12.7. The van der Waals surface area contributed by atoms with Crippen molar-refractivity contribution in [3.8, 4) is 0 Å². The number of ether oxygens (including phenoxy) is 1. The van der Waals surface area contributed by atoms with Crippen LogP contribution in [0.15, 0.2) is 24.3 Å². The van der Waals surface area contributed by atoms with Crippen molar-refractivity contribution in [3.05, 3.63) is 52.6 Å². The van der Waals surface area contributed by atoms with Gasteiger partial charge in [0.05, 0.1) is 37.9 Å². The lowest BCUT2D eigenvalue weighted by atomic mass is 10.1. The van der Waals surface area contributed by atoms with Crippen molar-refractivity contribution in [3.63, 3.8) is 0 Å². The number of benzene rings is 1. The molecule has 1 saturated carbocycles. The molecule has 1 fully saturated rings. The molecule has 0 saturated heterocycles. The number of fused-ring (bicyclic) bond motifs is 1. The molecule has 2 aliphatic rings. The molecule has 6 heteroatoms. The summed E-state index contributed by atoms with van der Waals surface area (Å²) in [6, 6.07) is 6.52. The second kappa shape index (κ2) is 7.58. The number of hydrogen-bond acceptors (Lipinski definition) is 3. The van der Waals surface area contributed by atoms with Crippen LogP contribution >= 0.6 is 0 Å². The molecule has 0 unspecified atom stereocenters. The summed E-state index contributed by atoms with van der Waals surface area (Å²) in [5.74, 6) is -0.379. The minimum atomic E-state index is -0.293. The van der Waals surface area contributed by atoms with Crippen molar-refractivity contribution in [1.29, 1.82) is 0 Å². The molecule has 2 heterocycles. The largest absolute Gasteiger partial charge is 0.376 e. The Morgan fingerprint density at radius 3 is 2.81 bits per heavy atom. The Morgan fingerprint density at radius 1 is 1.27 bits per heavy atom. The van der Waals surface area contributed by atoms with E-state index in [0.717, 1.165) is 29.8 Å². The zero-order chi connectivity index (χ0) is 17.9. The van der Waals surface area contributed by atoms with Crippen LogP contribution in [0.5, 0.6) is 0 Å². The molecular formula is C20H24FN3O2. The first-order valence-electron chi connectivity index (χ1n) is 9.39. The monoisotopic (exact) mass is 357 g/mol. The number of carbonyl (C=O) groups excluding carboxylic acids is 1. The average Bonchev–Trinajstić information content (AvgIpc) is 3.30. The van der Waals surface area contributed by atoms with Crippen LogP contribution in [0, 0.1) is 5.82 Å². The molecule has 138 valence electrons. The summed E-state index contributed by atoms with van der Waals surface area (Å²) in [5.41, 5.74) is 4.14. The van der Waals surface area contributed by atoms with E-state index in [2.05, 4.69) is 10.00 Å². The van der Waals surface area contributed by atoms with E-state index in [1.165, 1.54) is 43.5 Å². The van der Waals surface area contributed by atoms with E-state index >= 15 is 0 Å². The van der Waals surface area contributed by atoms with E-state index in [1.54, 1.807) is 12.1 Å². The molecule has 0 spiro atoms. The summed E-state index contributed by atoms with van der Waals surface area (Å²) in [6.07, 6.45) is 6.03. The highest BCUT2D eigenvalue weighted by molar-refractivity contribution is 5.78. The van der Waals surface area contributed by atoms with Gasteiger partial charge in [0.2, 0.25) is 5.91 Å². The summed E-state index contributed by atoms with van der Waals surface area (Å²) in [7, 11) is 0. The highest BCUT2D eigenvalue weighted by atomic mass is 19.1. The molecule has 1 aromatic carbocycles. The lowest BCUT2D eigenvalue weighted by Gasteiger charge is -2.18. The van der Waals surface area contributed by atoms with E-state index in [9.17, 15) is 9.18 Å². The van der Waals surface area contributed by atoms with Crippen molar-refractivity contribution in [1.82, 2.24) is 15.1 Å². The summed E-state index contributed by atoms with van der Waals surface area (Å²) in [4.78, 5) is 12.2. The lowest BCUT2D eigenvalue weighted by Crippen LogP contribution is -2.25. The maximum absolute atomic E-state index is 13.0. The molecule has 2 aromatic rings.